The lowest BCUT2D eigenvalue weighted by atomic mass is 9.84. The normalized spacial score (nSPS) is 15.9. The van der Waals surface area contributed by atoms with Gasteiger partial charge < -0.3 is 5.11 Å². The summed E-state index contributed by atoms with van der Waals surface area (Å²) < 4.78 is 0. The van der Waals surface area contributed by atoms with Gasteiger partial charge in [0.2, 0.25) is 11.1 Å². The standard InChI is InChI=1S/C12H24N2O5/c1-9(12(4,5)14(18)19)8-10(15)6-7-11(2,3)13(16)17/h9-10,15H,6-8H2,1-5H3. The van der Waals surface area contributed by atoms with Crippen molar-refractivity contribution in [3.63, 3.8) is 0 Å². The molecular weight excluding hydrogens is 252 g/mol. The molecule has 0 rings (SSSR count). The average Bonchev–Trinajstić information content (AvgIpc) is 2.25. The molecule has 7 heteroatoms. The van der Waals surface area contributed by atoms with Crippen LogP contribution in [-0.2, 0) is 0 Å². The van der Waals surface area contributed by atoms with Gasteiger partial charge in [-0.25, -0.2) is 0 Å². The summed E-state index contributed by atoms with van der Waals surface area (Å²) in [7, 11) is 0. The lowest BCUT2D eigenvalue weighted by Gasteiger charge is -2.26. The highest BCUT2D eigenvalue weighted by Gasteiger charge is 2.39. The van der Waals surface area contributed by atoms with E-state index in [1.54, 1.807) is 6.92 Å². The molecule has 1 N–H and O–H groups in total. The van der Waals surface area contributed by atoms with E-state index in [1.165, 1.54) is 27.7 Å². The molecule has 0 aliphatic rings. The first-order valence-corrected chi connectivity index (χ1v) is 6.38. The lowest BCUT2D eigenvalue weighted by Crippen LogP contribution is -2.40. The van der Waals surface area contributed by atoms with E-state index >= 15 is 0 Å². The summed E-state index contributed by atoms with van der Waals surface area (Å²) in [5.41, 5.74) is -2.19. The van der Waals surface area contributed by atoms with Gasteiger partial charge in [0.15, 0.2) is 0 Å². The quantitative estimate of drug-likeness (QED) is 0.540. The Balaban J connectivity index is 4.37. The molecule has 0 radical (unpaired) electrons. The summed E-state index contributed by atoms with van der Waals surface area (Å²) in [6, 6.07) is 0. The molecule has 19 heavy (non-hydrogen) atoms. The second kappa shape index (κ2) is 6.27. The van der Waals surface area contributed by atoms with Crippen LogP contribution in [0, 0.1) is 26.1 Å². The van der Waals surface area contributed by atoms with Gasteiger partial charge in [-0.2, -0.15) is 0 Å². The zero-order valence-corrected chi connectivity index (χ0v) is 12.3. The van der Waals surface area contributed by atoms with Crippen LogP contribution in [0.3, 0.4) is 0 Å². The molecule has 0 amide bonds. The number of nitrogens with zero attached hydrogens (tertiary/aromatic N) is 2. The Morgan fingerprint density at radius 2 is 1.58 bits per heavy atom. The summed E-state index contributed by atoms with van der Waals surface area (Å²) in [5, 5.41) is 31.5. The molecule has 2 atom stereocenters. The molecule has 0 aromatic rings. The Bertz CT molecular complexity index is 341. The Morgan fingerprint density at radius 3 is 1.95 bits per heavy atom. The van der Waals surface area contributed by atoms with Crippen LogP contribution in [-0.4, -0.2) is 32.1 Å². The molecule has 0 aromatic heterocycles. The predicted octanol–water partition coefficient (Wildman–Crippen LogP) is 2.26. The second-order valence-corrected chi connectivity index (χ2v) is 6.31. The predicted molar refractivity (Wildman–Crippen MR) is 71.2 cm³/mol. The van der Waals surface area contributed by atoms with Crippen molar-refractivity contribution in [2.75, 3.05) is 0 Å². The highest BCUT2D eigenvalue weighted by Crippen LogP contribution is 2.26. The smallest absolute Gasteiger partial charge is 0.219 e. The summed E-state index contributed by atoms with van der Waals surface area (Å²) >= 11 is 0. The molecule has 0 fully saturated rings. The van der Waals surface area contributed by atoms with Gasteiger partial charge in [0, 0.05) is 49.9 Å². The maximum atomic E-state index is 10.9. The monoisotopic (exact) mass is 276 g/mol. The second-order valence-electron chi connectivity index (χ2n) is 6.31. The minimum absolute atomic E-state index is 0.243. The molecule has 7 nitrogen and oxygen atoms in total. The molecule has 2 unspecified atom stereocenters. The largest absolute Gasteiger partial charge is 0.393 e. The average molecular weight is 276 g/mol. The fourth-order valence-electron chi connectivity index (χ4n) is 1.61. The molecule has 0 saturated heterocycles. The van der Waals surface area contributed by atoms with Crippen LogP contribution in [0.5, 0.6) is 0 Å². The molecule has 0 bridgehead atoms. The van der Waals surface area contributed by atoms with Crippen molar-refractivity contribution in [3.8, 4) is 0 Å². The van der Waals surface area contributed by atoms with Crippen LogP contribution in [0.1, 0.15) is 53.9 Å². The van der Waals surface area contributed by atoms with E-state index in [0.717, 1.165) is 0 Å². The zero-order valence-electron chi connectivity index (χ0n) is 12.3. The van der Waals surface area contributed by atoms with E-state index in [1.807, 2.05) is 0 Å². The summed E-state index contributed by atoms with van der Waals surface area (Å²) in [6.45, 7) is 7.76. The molecule has 0 heterocycles. The van der Waals surface area contributed by atoms with Crippen LogP contribution >= 0.6 is 0 Å². The third-order valence-corrected chi connectivity index (χ3v) is 3.89. The molecule has 0 aliphatic carbocycles. The van der Waals surface area contributed by atoms with Crippen LogP contribution in [0.25, 0.3) is 0 Å². The van der Waals surface area contributed by atoms with Crippen molar-refractivity contribution in [2.45, 2.75) is 71.1 Å². The van der Waals surface area contributed by atoms with Crippen molar-refractivity contribution in [3.05, 3.63) is 20.2 Å². The number of rotatable bonds is 8. The van der Waals surface area contributed by atoms with Gasteiger partial charge in [0.05, 0.1) is 6.10 Å². The third kappa shape index (κ3) is 5.10. The molecular formula is C12H24N2O5. The van der Waals surface area contributed by atoms with Gasteiger partial charge in [-0.1, -0.05) is 6.92 Å². The van der Waals surface area contributed by atoms with E-state index in [0.29, 0.717) is 0 Å². The number of hydrogen-bond acceptors (Lipinski definition) is 5. The fourth-order valence-corrected chi connectivity index (χ4v) is 1.61. The van der Waals surface area contributed by atoms with Crippen molar-refractivity contribution in [1.82, 2.24) is 0 Å². The molecule has 0 spiro atoms. The fraction of sp³-hybridized carbons (Fsp3) is 1.00. The first kappa shape index (κ1) is 17.8. The Morgan fingerprint density at radius 1 is 1.11 bits per heavy atom. The number of nitro groups is 2. The maximum absolute atomic E-state index is 10.9. The van der Waals surface area contributed by atoms with Crippen LogP contribution in [0.15, 0.2) is 0 Å². The Labute approximate surface area is 113 Å². The van der Waals surface area contributed by atoms with E-state index in [-0.39, 0.29) is 35.0 Å². The van der Waals surface area contributed by atoms with Gasteiger partial charge in [0.1, 0.15) is 0 Å². The summed E-state index contributed by atoms with van der Waals surface area (Å²) in [4.78, 5) is 20.9. The van der Waals surface area contributed by atoms with Crippen LogP contribution in [0.2, 0.25) is 0 Å². The Kier molecular flexibility index (Phi) is 5.86. The van der Waals surface area contributed by atoms with Crippen molar-refractivity contribution >= 4 is 0 Å². The number of aliphatic hydroxyl groups is 1. The van der Waals surface area contributed by atoms with Crippen molar-refractivity contribution < 1.29 is 15.0 Å². The van der Waals surface area contributed by atoms with Gasteiger partial charge in [-0.3, -0.25) is 20.2 Å². The number of aliphatic hydroxyl groups excluding tert-OH is 1. The molecule has 0 aliphatic heterocycles. The highest BCUT2D eigenvalue weighted by molar-refractivity contribution is 4.78. The van der Waals surface area contributed by atoms with E-state index in [9.17, 15) is 25.3 Å². The lowest BCUT2D eigenvalue weighted by molar-refractivity contribution is -0.571. The SMILES string of the molecule is CC(CC(O)CCC(C)(C)[N+](=O)[O-])C(C)(C)[N+](=O)[O-]. The van der Waals surface area contributed by atoms with Gasteiger partial charge in [0.25, 0.3) is 0 Å². The minimum atomic E-state index is -1.11. The van der Waals surface area contributed by atoms with Crippen molar-refractivity contribution in [1.29, 1.82) is 0 Å². The molecule has 112 valence electrons. The number of hydrogen-bond donors (Lipinski definition) is 1. The minimum Gasteiger partial charge on any atom is -0.393 e. The molecule has 0 aromatic carbocycles. The third-order valence-electron chi connectivity index (χ3n) is 3.89. The van der Waals surface area contributed by atoms with E-state index in [2.05, 4.69) is 0 Å². The van der Waals surface area contributed by atoms with Gasteiger partial charge in [-0.15, -0.1) is 0 Å². The highest BCUT2D eigenvalue weighted by atomic mass is 16.6. The first-order chi connectivity index (χ1) is 8.41. The van der Waals surface area contributed by atoms with Crippen LogP contribution in [0.4, 0.5) is 0 Å². The summed E-state index contributed by atoms with van der Waals surface area (Å²) in [6.07, 6.45) is 0.0224. The van der Waals surface area contributed by atoms with Crippen molar-refractivity contribution in [2.24, 2.45) is 5.92 Å². The first-order valence-electron chi connectivity index (χ1n) is 6.38. The Hall–Kier alpha value is -1.24. The van der Waals surface area contributed by atoms with E-state index < -0.39 is 17.2 Å². The van der Waals surface area contributed by atoms with E-state index in [4.69, 9.17) is 0 Å². The molecule has 0 saturated carbocycles. The van der Waals surface area contributed by atoms with Crippen LogP contribution < -0.4 is 0 Å². The van der Waals surface area contributed by atoms with Gasteiger partial charge >= 0.3 is 0 Å². The summed E-state index contributed by atoms with van der Waals surface area (Å²) in [5.74, 6) is -0.309. The zero-order chi connectivity index (χ0) is 15.4. The van der Waals surface area contributed by atoms with Gasteiger partial charge in [-0.05, 0) is 12.8 Å². The topological polar surface area (TPSA) is 107 Å². The maximum Gasteiger partial charge on any atom is 0.219 e.